The van der Waals surface area contributed by atoms with Crippen molar-refractivity contribution in [3.05, 3.63) is 23.1 Å². The van der Waals surface area contributed by atoms with Gasteiger partial charge in [-0.15, -0.1) is 0 Å². The minimum atomic E-state index is -4.58. The van der Waals surface area contributed by atoms with Crippen molar-refractivity contribution in [2.75, 3.05) is 12.4 Å². The summed E-state index contributed by atoms with van der Waals surface area (Å²) in [6, 6.07) is 0.757. The Bertz CT molecular complexity index is 666. The maximum absolute atomic E-state index is 12.8. The topological polar surface area (TPSA) is 64.9 Å². The first-order chi connectivity index (χ1) is 9.72. The van der Waals surface area contributed by atoms with Crippen molar-refractivity contribution in [2.45, 2.75) is 20.0 Å². The summed E-state index contributed by atoms with van der Waals surface area (Å²) in [5, 5.41) is 6.61. The number of nitrogens with zero attached hydrogens (tertiary/aromatic N) is 4. The molecular formula is C12H14F3N5O. The molecule has 2 heterocycles. The SMILES string of the molecule is CNc1nc(Oc2c(C)nn(C)c2C)cc(C(F)(F)F)n1. The molecule has 0 amide bonds. The van der Waals surface area contributed by atoms with Gasteiger partial charge in [0.15, 0.2) is 11.4 Å². The smallest absolute Gasteiger partial charge is 0.433 e. The van der Waals surface area contributed by atoms with Gasteiger partial charge in [-0.1, -0.05) is 0 Å². The number of aryl methyl sites for hydroxylation is 2. The fraction of sp³-hybridized carbons (Fsp3) is 0.417. The van der Waals surface area contributed by atoms with E-state index in [2.05, 4.69) is 20.4 Å². The second-order valence-corrected chi connectivity index (χ2v) is 4.39. The van der Waals surface area contributed by atoms with E-state index in [9.17, 15) is 13.2 Å². The van der Waals surface area contributed by atoms with Gasteiger partial charge in [-0.2, -0.15) is 23.3 Å². The summed E-state index contributed by atoms with van der Waals surface area (Å²) in [5.74, 6) is 0.0197. The molecule has 0 aliphatic carbocycles. The summed E-state index contributed by atoms with van der Waals surface area (Å²) < 4.78 is 45.4. The van der Waals surface area contributed by atoms with E-state index in [4.69, 9.17) is 4.74 Å². The van der Waals surface area contributed by atoms with Crippen molar-refractivity contribution in [1.82, 2.24) is 19.7 Å². The molecule has 0 fully saturated rings. The molecule has 0 radical (unpaired) electrons. The van der Waals surface area contributed by atoms with Crippen LogP contribution in [0.1, 0.15) is 17.1 Å². The molecule has 21 heavy (non-hydrogen) atoms. The number of hydrogen-bond donors (Lipinski definition) is 1. The predicted octanol–water partition coefficient (Wildman–Crippen LogP) is 2.68. The molecule has 6 nitrogen and oxygen atoms in total. The number of rotatable bonds is 3. The predicted molar refractivity (Wildman–Crippen MR) is 69.3 cm³/mol. The third kappa shape index (κ3) is 3.06. The van der Waals surface area contributed by atoms with Crippen LogP contribution >= 0.6 is 0 Å². The highest BCUT2D eigenvalue weighted by Gasteiger charge is 2.34. The van der Waals surface area contributed by atoms with Crippen LogP contribution in [-0.2, 0) is 13.2 Å². The van der Waals surface area contributed by atoms with Gasteiger partial charge in [0.25, 0.3) is 0 Å². The normalized spacial score (nSPS) is 11.6. The van der Waals surface area contributed by atoms with E-state index in [1.807, 2.05) is 0 Å². The van der Waals surface area contributed by atoms with Crippen molar-refractivity contribution in [2.24, 2.45) is 7.05 Å². The fourth-order valence-electron chi connectivity index (χ4n) is 1.74. The fourth-order valence-corrected chi connectivity index (χ4v) is 1.74. The van der Waals surface area contributed by atoms with E-state index in [-0.39, 0.29) is 11.8 Å². The number of halogens is 3. The summed E-state index contributed by atoms with van der Waals surface area (Å²) in [6.45, 7) is 3.45. The lowest BCUT2D eigenvalue weighted by Gasteiger charge is -2.11. The number of alkyl halides is 3. The second kappa shape index (κ2) is 5.23. The number of anilines is 1. The van der Waals surface area contributed by atoms with E-state index in [1.54, 1.807) is 25.6 Å². The first kappa shape index (κ1) is 15.1. The number of nitrogens with one attached hydrogen (secondary N) is 1. The van der Waals surface area contributed by atoms with Gasteiger partial charge < -0.3 is 10.1 Å². The zero-order valence-electron chi connectivity index (χ0n) is 11.9. The van der Waals surface area contributed by atoms with Crippen LogP contribution in [0.15, 0.2) is 6.07 Å². The van der Waals surface area contributed by atoms with Crippen LogP contribution in [0.3, 0.4) is 0 Å². The van der Waals surface area contributed by atoms with Gasteiger partial charge in [0.1, 0.15) is 5.69 Å². The van der Waals surface area contributed by atoms with E-state index < -0.39 is 11.9 Å². The summed E-state index contributed by atoms with van der Waals surface area (Å²) in [6.07, 6.45) is -4.58. The standard InChI is InChI=1S/C12H14F3N5O/c1-6-10(7(2)20(4)19-6)21-9-5-8(12(13,14)15)17-11(16-3)18-9/h5H,1-4H3,(H,16,17,18). The summed E-state index contributed by atoms with van der Waals surface area (Å²) in [7, 11) is 3.15. The summed E-state index contributed by atoms with van der Waals surface area (Å²) >= 11 is 0. The van der Waals surface area contributed by atoms with Crippen molar-refractivity contribution < 1.29 is 17.9 Å². The van der Waals surface area contributed by atoms with Crippen LogP contribution in [-0.4, -0.2) is 26.8 Å². The Kier molecular flexibility index (Phi) is 3.75. The van der Waals surface area contributed by atoms with Crippen LogP contribution < -0.4 is 10.1 Å². The van der Waals surface area contributed by atoms with Crippen molar-refractivity contribution in [3.8, 4) is 11.6 Å². The molecule has 0 spiro atoms. The van der Waals surface area contributed by atoms with Gasteiger partial charge in [0.2, 0.25) is 11.8 Å². The van der Waals surface area contributed by atoms with Crippen LogP contribution in [0.25, 0.3) is 0 Å². The molecule has 0 aliphatic heterocycles. The van der Waals surface area contributed by atoms with Gasteiger partial charge in [0.05, 0.1) is 5.69 Å². The Balaban J connectivity index is 2.44. The number of ether oxygens (including phenoxy) is 1. The van der Waals surface area contributed by atoms with Crippen molar-refractivity contribution in [3.63, 3.8) is 0 Å². The van der Waals surface area contributed by atoms with Gasteiger partial charge in [0, 0.05) is 20.2 Å². The molecule has 2 aromatic rings. The molecule has 1 N–H and O–H groups in total. The first-order valence-corrected chi connectivity index (χ1v) is 6.04. The van der Waals surface area contributed by atoms with E-state index in [0.717, 1.165) is 6.07 Å². The van der Waals surface area contributed by atoms with Crippen LogP contribution in [0.5, 0.6) is 11.6 Å². The number of hydrogen-bond acceptors (Lipinski definition) is 5. The van der Waals surface area contributed by atoms with Crippen LogP contribution in [0.4, 0.5) is 19.1 Å². The molecule has 0 saturated carbocycles. The Morgan fingerprint density at radius 2 is 1.90 bits per heavy atom. The average molecular weight is 301 g/mol. The lowest BCUT2D eigenvalue weighted by molar-refractivity contribution is -0.141. The minimum Gasteiger partial charge on any atom is -0.435 e. The molecule has 0 unspecified atom stereocenters. The zero-order valence-corrected chi connectivity index (χ0v) is 11.9. The Morgan fingerprint density at radius 1 is 1.24 bits per heavy atom. The molecule has 0 atom stereocenters. The second-order valence-electron chi connectivity index (χ2n) is 4.39. The zero-order chi connectivity index (χ0) is 15.8. The van der Waals surface area contributed by atoms with Gasteiger partial charge >= 0.3 is 6.18 Å². The van der Waals surface area contributed by atoms with Gasteiger partial charge in [-0.3, -0.25) is 4.68 Å². The molecule has 9 heteroatoms. The summed E-state index contributed by atoms with van der Waals surface area (Å²) in [4.78, 5) is 7.24. The minimum absolute atomic E-state index is 0.168. The molecule has 0 saturated heterocycles. The maximum Gasteiger partial charge on any atom is 0.433 e. The molecular weight excluding hydrogens is 287 g/mol. The van der Waals surface area contributed by atoms with Gasteiger partial charge in [-0.05, 0) is 13.8 Å². The quantitative estimate of drug-likeness (QED) is 0.944. The summed E-state index contributed by atoms with van der Waals surface area (Å²) in [5.41, 5.74) is 0.176. The lowest BCUT2D eigenvalue weighted by atomic mass is 10.3. The monoisotopic (exact) mass is 301 g/mol. The average Bonchev–Trinajstić information content (AvgIpc) is 2.64. The van der Waals surface area contributed by atoms with Crippen molar-refractivity contribution in [1.29, 1.82) is 0 Å². The molecule has 114 valence electrons. The third-order valence-electron chi connectivity index (χ3n) is 2.87. The van der Waals surface area contributed by atoms with Crippen LogP contribution in [0, 0.1) is 13.8 Å². The highest BCUT2D eigenvalue weighted by molar-refractivity contribution is 5.38. The van der Waals surface area contributed by atoms with Gasteiger partial charge in [-0.25, -0.2) is 4.98 Å². The molecule has 2 aromatic heterocycles. The van der Waals surface area contributed by atoms with Crippen LogP contribution in [0.2, 0.25) is 0 Å². The molecule has 0 aromatic carbocycles. The van der Waals surface area contributed by atoms with Crippen molar-refractivity contribution >= 4 is 5.95 Å². The molecule has 2 rings (SSSR count). The lowest BCUT2D eigenvalue weighted by Crippen LogP contribution is -2.11. The number of aromatic nitrogens is 4. The molecule has 0 bridgehead atoms. The van der Waals surface area contributed by atoms with E-state index in [1.165, 1.54) is 7.05 Å². The largest absolute Gasteiger partial charge is 0.435 e. The first-order valence-electron chi connectivity index (χ1n) is 6.04. The van der Waals surface area contributed by atoms with E-state index >= 15 is 0 Å². The Hall–Kier alpha value is -2.32. The highest BCUT2D eigenvalue weighted by atomic mass is 19.4. The third-order valence-corrected chi connectivity index (χ3v) is 2.87. The Labute approximate surface area is 119 Å². The maximum atomic E-state index is 12.8. The molecule has 0 aliphatic rings. The highest BCUT2D eigenvalue weighted by Crippen LogP contribution is 2.33. The van der Waals surface area contributed by atoms with E-state index in [0.29, 0.717) is 17.1 Å². The Morgan fingerprint density at radius 3 is 2.38 bits per heavy atom.